The lowest BCUT2D eigenvalue weighted by molar-refractivity contribution is -0.134. The number of carbonyl (C=O) groups is 1. The van der Waals surface area contributed by atoms with Crippen molar-refractivity contribution in [1.29, 1.82) is 0 Å². The molecule has 1 aromatic heterocycles. The maximum atomic E-state index is 12.9. The van der Waals surface area contributed by atoms with Gasteiger partial charge in [-0.1, -0.05) is 0 Å². The maximum absolute atomic E-state index is 12.9. The molecule has 0 aromatic carbocycles. The van der Waals surface area contributed by atoms with E-state index in [0.29, 0.717) is 24.4 Å². The van der Waals surface area contributed by atoms with Gasteiger partial charge in [0.2, 0.25) is 5.91 Å². The number of aryl methyl sites for hydroxylation is 1. The summed E-state index contributed by atoms with van der Waals surface area (Å²) < 4.78 is 5.52. The lowest BCUT2D eigenvalue weighted by Crippen LogP contribution is -2.49. The molecule has 24 heavy (non-hydrogen) atoms. The molecule has 0 radical (unpaired) electrons. The molecular weight excluding hydrogens is 322 g/mol. The summed E-state index contributed by atoms with van der Waals surface area (Å²) >= 11 is 1.63. The highest BCUT2D eigenvalue weighted by Gasteiger charge is 2.39. The van der Waals surface area contributed by atoms with Crippen molar-refractivity contribution in [2.45, 2.75) is 51.1 Å². The molecule has 4 saturated heterocycles. The molecule has 2 bridgehead atoms. The monoisotopic (exact) mass is 349 g/mol. The van der Waals surface area contributed by atoms with Gasteiger partial charge in [-0.05, 0) is 38.5 Å². The highest BCUT2D eigenvalue weighted by atomic mass is 32.1. The summed E-state index contributed by atoms with van der Waals surface area (Å²) in [5.41, 5.74) is 0.934. The number of hydrogen-bond acceptors (Lipinski definition) is 5. The van der Waals surface area contributed by atoms with E-state index in [1.165, 1.54) is 6.42 Å². The molecule has 1 amide bonds. The summed E-state index contributed by atoms with van der Waals surface area (Å²) in [5.74, 6) is 0.900. The Balaban J connectivity index is 1.43. The number of piperidine rings is 1. The van der Waals surface area contributed by atoms with Gasteiger partial charge < -0.3 is 9.64 Å². The zero-order valence-corrected chi connectivity index (χ0v) is 15.3. The standard InChI is InChI=1S/C18H27N3O2S/c1-13-19-15(12-24-13)8-18(22)21-10-14-2-3-17(21)11-20(9-14)16-4-6-23-7-5-16/h12,14,16-17H,2-11H2,1H3/t14-,17+/m1/s1. The van der Waals surface area contributed by atoms with Gasteiger partial charge in [0.25, 0.3) is 0 Å². The minimum absolute atomic E-state index is 0.267. The molecule has 4 fully saturated rings. The Morgan fingerprint density at radius 1 is 1.21 bits per heavy atom. The van der Waals surface area contributed by atoms with Crippen molar-refractivity contribution in [3.63, 3.8) is 0 Å². The van der Waals surface area contributed by atoms with Crippen LogP contribution < -0.4 is 0 Å². The molecule has 6 heteroatoms. The molecule has 0 unspecified atom stereocenters. The van der Waals surface area contributed by atoms with E-state index >= 15 is 0 Å². The van der Waals surface area contributed by atoms with Crippen LogP contribution in [0.15, 0.2) is 5.38 Å². The third-order valence-corrected chi connectivity index (χ3v) is 6.59. The topological polar surface area (TPSA) is 45.7 Å². The summed E-state index contributed by atoms with van der Waals surface area (Å²) in [5, 5.41) is 3.07. The second-order valence-electron chi connectivity index (χ2n) is 7.48. The van der Waals surface area contributed by atoms with Gasteiger partial charge in [0.1, 0.15) is 0 Å². The van der Waals surface area contributed by atoms with E-state index in [1.54, 1.807) is 11.3 Å². The molecule has 5 rings (SSSR count). The van der Waals surface area contributed by atoms with E-state index in [2.05, 4.69) is 14.8 Å². The van der Waals surface area contributed by atoms with Crippen molar-refractivity contribution in [2.75, 3.05) is 32.8 Å². The van der Waals surface area contributed by atoms with Crippen LogP contribution in [0, 0.1) is 12.8 Å². The van der Waals surface area contributed by atoms with Gasteiger partial charge in [-0.3, -0.25) is 9.69 Å². The van der Waals surface area contributed by atoms with Crippen LogP contribution in [0.25, 0.3) is 0 Å². The predicted octanol–water partition coefficient (Wildman–Crippen LogP) is 2.10. The molecule has 132 valence electrons. The number of thiazole rings is 1. The molecule has 5 nitrogen and oxygen atoms in total. The quantitative estimate of drug-likeness (QED) is 0.838. The SMILES string of the molecule is Cc1nc(CC(=O)N2C[C@@H]3CC[C@H]2CN(C2CCOCC2)C3)cs1. The molecule has 0 N–H and O–H groups in total. The van der Waals surface area contributed by atoms with E-state index in [1.807, 2.05) is 12.3 Å². The number of aromatic nitrogens is 1. The lowest BCUT2D eigenvalue weighted by atomic mass is 9.94. The van der Waals surface area contributed by atoms with E-state index < -0.39 is 0 Å². The number of nitrogens with zero attached hydrogens (tertiary/aromatic N) is 3. The molecule has 0 spiro atoms. The summed E-state index contributed by atoms with van der Waals surface area (Å²) in [4.78, 5) is 22.1. The highest BCUT2D eigenvalue weighted by molar-refractivity contribution is 7.09. The fraction of sp³-hybridized carbons (Fsp3) is 0.778. The Morgan fingerprint density at radius 2 is 2.04 bits per heavy atom. The average molecular weight is 350 g/mol. The van der Waals surface area contributed by atoms with Crippen molar-refractivity contribution in [2.24, 2.45) is 5.92 Å². The first-order valence-corrected chi connectivity index (χ1v) is 10.1. The third-order valence-electron chi connectivity index (χ3n) is 5.77. The number of fused-ring (bicyclic) bond motifs is 4. The van der Waals surface area contributed by atoms with Crippen LogP contribution in [0.5, 0.6) is 0 Å². The molecule has 2 atom stereocenters. The van der Waals surface area contributed by atoms with Crippen LogP contribution in [0.3, 0.4) is 0 Å². The summed E-state index contributed by atoms with van der Waals surface area (Å²) in [7, 11) is 0. The minimum atomic E-state index is 0.267. The summed E-state index contributed by atoms with van der Waals surface area (Å²) in [6.45, 7) is 6.92. The van der Waals surface area contributed by atoms with E-state index in [0.717, 1.165) is 62.8 Å². The Morgan fingerprint density at radius 3 is 2.79 bits per heavy atom. The molecule has 5 heterocycles. The third kappa shape index (κ3) is 3.51. The zero-order valence-electron chi connectivity index (χ0n) is 14.4. The summed E-state index contributed by atoms with van der Waals surface area (Å²) in [6, 6.07) is 1.04. The molecule has 0 saturated carbocycles. The van der Waals surface area contributed by atoms with Crippen LogP contribution in [0.1, 0.15) is 36.4 Å². The molecule has 1 aromatic rings. The van der Waals surface area contributed by atoms with Crippen LogP contribution in [-0.2, 0) is 16.0 Å². The first-order valence-electron chi connectivity index (χ1n) is 9.21. The van der Waals surface area contributed by atoms with Gasteiger partial charge in [0.05, 0.1) is 17.1 Å². The van der Waals surface area contributed by atoms with Gasteiger partial charge in [-0.2, -0.15) is 0 Å². The highest BCUT2D eigenvalue weighted by Crippen LogP contribution is 2.31. The van der Waals surface area contributed by atoms with Crippen LogP contribution in [-0.4, -0.2) is 65.6 Å². The molecule has 4 aliphatic rings. The van der Waals surface area contributed by atoms with Crippen molar-refractivity contribution in [3.8, 4) is 0 Å². The fourth-order valence-electron chi connectivity index (χ4n) is 4.52. The molecule has 4 aliphatic heterocycles. The number of hydrogen-bond donors (Lipinski definition) is 0. The number of ether oxygens (including phenoxy) is 1. The summed E-state index contributed by atoms with van der Waals surface area (Å²) in [6.07, 6.45) is 5.18. The zero-order chi connectivity index (χ0) is 16.5. The van der Waals surface area contributed by atoms with Crippen molar-refractivity contribution >= 4 is 17.2 Å². The van der Waals surface area contributed by atoms with Crippen LogP contribution >= 0.6 is 11.3 Å². The van der Waals surface area contributed by atoms with Crippen LogP contribution in [0.4, 0.5) is 0 Å². The molecular formula is C18H27N3O2S. The first kappa shape index (κ1) is 16.5. The van der Waals surface area contributed by atoms with Gasteiger partial charge in [-0.25, -0.2) is 4.98 Å². The van der Waals surface area contributed by atoms with Gasteiger partial charge in [0.15, 0.2) is 0 Å². The second-order valence-corrected chi connectivity index (χ2v) is 8.54. The fourth-order valence-corrected chi connectivity index (χ4v) is 5.13. The van der Waals surface area contributed by atoms with E-state index in [9.17, 15) is 4.79 Å². The molecule has 0 aliphatic carbocycles. The predicted molar refractivity (Wildman–Crippen MR) is 94.2 cm³/mol. The smallest absolute Gasteiger partial charge is 0.228 e. The minimum Gasteiger partial charge on any atom is -0.381 e. The van der Waals surface area contributed by atoms with Crippen molar-refractivity contribution < 1.29 is 9.53 Å². The van der Waals surface area contributed by atoms with Gasteiger partial charge in [0, 0.05) is 50.3 Å². The largest absolute Gasteiger partial charge is 0.381 e. The Hall–Kier alpha value is -0.980. The van der Waals surface area contributed by atoms with Gasteiger partial charge in [-0.15, -0.1) is 11.3 Å². The van der Waals surface area contributed by atoms with Crippen molar-refractivity contribution in [3.05, 3.63) is 16.1 Å². The lowest BCUT2D eigenvalue weighted by Gasteiger charge is -2.37. The maximum Gasteiger partial charge on any atom is 0.228 e. The van der Waals surface area contributed by atoms with E-state index in [-0.39, 0.29) is 5.91 Å². The number of amides is 1. The van der Waals surface area contributed by atoms with Crippen LogP contribution in [0.2, 0.25) is 0 Å². The van der Waals surface area contributed by atoms with Crippen molar-refractivity contribution in [1.82, 2.24) is 14.8 Å². The van der Waals surface area contributed by atoms with Gasteiger partial charge >= 0.3 is 0 Å². The Labute approximate surface area is 148 Å². The Bertz CT molecular complexity index is 585. The Kier molecular flexibility index (Phi) is 4.88. The number of rotatable bonds is 3. The average Bonchev–Trinajstić information content (AvgIpc) is 2.82. The second kappa shape index (κ2) is 7.10. The first-order chi connectivity index (χ1) is 11.7. The number of carbonyl (C=O) groups excluding carboxylic acids is 1. The van der Waals surface area contributed by atoms with E-state index in [4.69, 9.17) is 4.74 Å². The normalized spacial score (nSPS) is 29.0.